The summed E-state index contributed by atoms with van der Waals surface area (Å²) in [5.41, 5.74) is 8.46. The molecule has 0 spiro atoms. The lowest BCUT2D eigenvalue weighted by Crippen LogP contribution is -2.37. The number of amides is 1. The molecule has 1 aromatic carbocycles. The molecule has 0 aliphatic carbocycles. The maximum absolute atomic E-state index is 12.8. The van der Waals surface area contributed by atoms with Gasteiger partial charge in [-0.1, -0.05) is 44.2 Å². The van der Waals surface area contributed by atoms with Gasteiger partial charge in [0.05, 0.1) is 5.69 Å². The number of carbonyl (C=O) groups is 1. The fraction of sp³-hybridized carbons (Fsp3) is 0.444. The molecule has 0 aliphatic rings. The fourth-order valence-corrected chi connectivity index (χ4v) is 2.51. The standard InChI is InChI=1S/C18H26N4O.ClH/c1-14(2)16-13-17(21(3)20-16)18(23)22(12-10-19)11-9-15-7-5-4-6-8-15;/h4-8,13-14H,9-12,19H2,1-3H3;1H. The number of aromatic nitrogens is 2. The van der Waals surface area contributed by atoms with Crippen LogP contribution in [0.1, 0.15) is 41.5 Å². The van der Waals surface area contributed by atoms with Crippen LogP contribution in [0, 0.1) is 0 Å². The Labute approximate surface area is 150 Å². The number of carbonyl (C=O) groups excluding carboxylic acids is 1. The van der Waals surface area contributed by atoms with Gasteiger partial charge in [-0.25, -0.2) is 0 Å². The summed E-state index contributed by atoms with van der Waals surface area (Å²) in [6, 6.07) is 12.1. The van der Waals surface area contributed by atoms with E-state index in [4.69, 9.17) is 5.73 Å². The molecule has 132 valence electrons. The number of nitrogens with zero attached hydrogens (tertiary/aromatic N) is 3. The lowest BCUT2D eigenvalue weighted by atomic mass is 10.1. The molecule has 2 aromatic rings. The zero-order valence-corrected chi connectivity index (χ0v) is 15.4. The van der Waals surface area contributed by atoms with Crippen molar-refractivity contribution in [3.63, 3.8) is 0 Å². The van der Waals surface area contributed by atoms with Crippen LogP contribution in [0.25, 0.3) is 0 Å². The van der Waals surface area contributed by atoms with Crippen LogP contribution < -0.4 is 5.73 Å². The van der Waals surface area contributed by atoms with Gasteiger partial charge in [0.1, 0.15) is 5.69 Å². The van der Waals surface area contributed by atoms with Gasteiger partial charge in [0.15, 0.2) is 0 Å². The highest BCUT2D eigenvalue weighted by molar-refractivity contribution is 5.92. The molecule has 0 saturated carbocycles. The minimum absolute atomic E-state index is 0. The van der Waals surface area contributed by atoms with Gasteiger partial charge >= 0.3 is 0 Å². The summed E-state index contributed by atoms with van der Waals surface area (Å²) in [7, 11) is 1.82. The summed E-state index contributed by atoms with van der Waals surface area (Å²) < 4.78 is 1.67. The highest BCUT2D eigenvalue weighted by atomic mass is 35.5. The van der Waals surface area contributed by atoms with Crippen LogP contribution in [0.15, 0.2) is 36.4 Å². The van der Waals surface area contributed by atoms with E-state index in [9.17, 15) is 4.79 Å². The van der Waals surface area contributed by atoms with Gasteiger partial charge in [0.25, 0.3) is 5.91 Å². The molecule has 0 aliphatic heterocycles. The van der Waals surface area contributed by atoms with E-state index in [2.05, 4.69) is 31.1 Å². The van der Waals surface area contributed by atoms with Crippen molar-refractivity contribution in [3.8, 4) is 0 Å². The summed E-state index contributed by atoms with van der Waals surface area (Å²) >= 11 is 0. The van der Waals surface area contributed by atoms with Crippen LogP contribution in [-0.4, -0.2) is 40.2 Å². The predicted molar refractivity (Wildman–Crippen MR) is 99.6 cm³/mol. The molecule has 0 unspecified atom stereocenters. The van der Waals surface area contributed by atoms with Gasteiger partial charge in [0.2, 0.25) is 0 Å². The number of rotatable bonds is 7. The van der Waals surface area contributed by atoms with E-state index in [1.807, 2.05) is 36.2 Å². The third kappa shape index (κ3) is 5.08. The number of benzene rings is 1. The molecule has 1 amide bonds. The highest BCUT2D eigenvalue weighted by Crippen LogP contribution is 2.15. The molecular formula is C18H27ClN4O. The molecule has 24 heavy (non-hydrogen) atoms. The molecule has 0 radical (unpaired) electrons. The SMILES string of the molecule is CC(C)c1cc(C(=O)N(CCN)CCc2ccccc2)n(C)n1.Cl. The van der Waals surface area contributed by atoms with Gasteiger partial charge in [0, 0.05) is 26.7 Å². The average Bonchev–Trinajstić information content (AvgIpc) is 2.94. The number of hydrogen-bond donors (Lipinski definition) is 1. The van der Waals surface area contributed by atoms with Crippen LogP contribution in [-0.2, 0) is 13.5 Å². The number of hydrogen-bond acceptors (Lipinski definition) is 3. The van der Waals surface area contributed by atoms with E-state index in [0.717, 1.165) is 12.1 Å². The Morgan fingerprint density at radius 2 is 1.92 bits per heavy atom. The first-order valence-electron chi connectivity index (χ1n) is 8.10. The lowest BCUT2D eigenvalue weighted by molar-refractivity contribution is 0.0751. The summed E-state index contributed by atoms with van der Waals surface area (Å²) in [6.45, 7) is 5.80. The van der Waals surface area contributed by atoms with Crippen LogP contribution in [0.2, 0.25) is 0 Å². The Balaban J connectivity index is 0.00000288. The van der Waals surface area contributed by atoms with Crippen LogP contribution in [0.3, 0.4) is 0 Å². The monoisotopic (exact) mass is 350 g/mol. The molecule has 5 nitrogen and oxygen atoms in total. The topological polar surface area (TPSA) is 64.2 Å². The van der Waals surface area contributed by atoms with Crippen LogP contribution in [0.5, 0.6) is 0 Å². The van der Waals surface area contributed by atoms with Crippen molar-refractivity contribution in [1.82, 2.24) is 14.7 Å². The van der Waals surface area contributed by atoms with Crippen LogP contribution in [0.4, 0.5) is 0 Å². The first kappa shape index (κ1) is 20.2. The summed E-state index contributed by atoms with van der Waals surface area (Å²) in [6.07, 6.45) is 0.821. The maximum atomic E-state index is 12.8. The quantitative estimate of drug-likeness (QED) is 0.834. The van der Waals surface area contributed by atoms with Gasteiger partial charge in [-0.05, 0) is 24.0 Å². The summed E-state index contributed by atoms with van der Waals surface area (Å²) in [5, 5.41) is 4.43. The normalized spacial score (nSPS) is 10.5. The molecule has 1 aromatic heterocycles. The van der Waals surface area contributed by atoms with Crippen molar-refractivity contribution in [2.45, 2.75) is 26.2 Å². The highest BCUT2D eigenvalue weighted by Gasteiger charge is 2.20. The van der Waals surface area contributed by atoms with Gasteiger partial charge in [-0.3, -0.25) is 9.48 Å². The minimum Gasteiger partial charge on any atom is -0.336 e. The van der Waals surface area contributed by atoms with Gasteiger partial charge < -0.3 is 10.6 Å². The second kappa shape index (κ2) is 9.45. The summed E-state index contributed by atoms with van der Waals surface area (Å²) in [5.74, 6) is 0.295. The molecule has 2 N–H and O–H groups in total. The molecule has 0 fully saturated rings. The number of nitrogens with two attached hydrogens (primary N) is 1. The van der Waals surface area contributed by atoms with Crippen molar-refractivity contribution in [2.24, 2.45) is 12.8 Å². The molecule has 1 heterocycles. The van der Waals surface area contributed by atoms with Crippen molar-refractivity contribution in [2.75, 3.05) is 19.6 Å². The molecule has 0 bridgehead atoms. The lowest BCUT2D eigenvalue weighted by Gasteiger charge is -2.22. The Bertz CT molecular complexity index is 640. The Morgan fingerprint density at radius 1 is 1.25 bits per heavy atom. The fourth-order valence-electron chi connectivity index (χ4n) is 2.51. The van der Waals surface area contributed by atoms with Crippen LogP contribution >= 0.6 is 12.4 Å². The Morgan fingerprint density at radius 3 is 2.46 bits per heavy atom. The Kier molecular flexibility index (Phi) is 7.95. The molecule has 2 rings (SSSR count). The van der Waals surface area contributed by atoms with Crippen molar-refractivity contribution in [1.29, 1.82) is 0 Å². The van der Waals surface area contributed by atoms with E-state index in [1.54, 1.807) is 4.68 Å². The number of halogens is 1. The van der Waals surface area contributed by atoms with E-state index in [0.29, 0.717) is 31.2 Å². The van der Waals surface area contributed by atoms with Crippen molar-refractivity contribution in [3.05, 3.63) is 53.3 Å². The van der Waals surface area contributed by atoms with E-state index >= 15 is 0 Å². The smallest absolute Gasteiger partial charge is 0.272 e. The van der Waals surface area contributed by atoms with E-state index in [1.165, 1.54) is 5.56 Å². The first-order chi connectivity index (χ1) is 11.0. The molecular weight excluding hydrogens is 324 g/mol. The molecule has 6 heteroatoms. The van der Waals surface area contributed by atoms with Gasteiger partial charge in [-0.15, -0.1) is 12.4 Å². The molecule has 0 saturated heterocycles. The van der Waals surface area contributed by atoms with Crippen molar-refractivity contribution >= 4 is 18.3 Å². The first-order valence-corrected chi connectivity index (χ1v) is 8.10. The third-order valence-electron chi connectivity index (χ3n) is 3.91. The second-order valence-electron chi connectivity index (χ2n) is 6.05. The largest absolute Gasteiger partial charge is 0.336 e. The maximum Gasteiger partial charge on any atom is 0.272 e. The van der Waals surface area contributed by atoms with Gasteiger partial charge in [-0.2, -0.15) is 5.10 Å². The zero-order chi connectivity index (χ0) is 16.8. The minimum atomic E-state index is -0.00622. The second-order valence-corrected chi connectivity index (χ2v) is 6.05. The third-order valence-corrected chi connectivity index (χ3v) is 3.91. The van der Waals surface area contributed by atoms with E-state index in [-0.39, 0.29) is 18.3 Å². The predicted octanol–water partition coefficient (Wildman–Crippen LogP) is 2.61. The average molecular weight is 351 g/mol. The van der Waals surface area contributed by atoms with E-state index < -0.39 is 0 Å². The Hall–Kier alpha value is -1.85. The molecule has 0 atom stereocenters. The van der Waals surface area contributed by atoms with Crippen molar-refractivity contribution < 1.29 is 4.79 Å². The number of aryl methyl sites for hydroxylation is 1. The zero-order valence-electron chi connectivity index (χ0n) is 14.6. The summed E-state index contributed by atoms with van der Waals surface area (Å²) in [4.78, 5) is 14.6.